The normalized spacial score (nSPS) is 26.1. The molecule has 4 rings (SSSR count). The summed E-state index contributed by atoms with van der Waals surface area (Å²) in [5, 5.41) is 0. The van der Waals surface area contributed by atoms with Gasteiger partial charge in [-0.05, 0) is 43.7 Å². The van der Waals surface area contributed by atoms with Crippen molar-refractivity contribution in [1.82, 2.24) is 14.7 Å². The summed E-state index contributed by atoms with van der Waals surface area (Å²) in [4.78, 5) is 31.6. The fraction of sp³-hybridized carbons (Fsp3) is 0.636. The maximum Gasteiger partial charge on any atom is 0.319 e. The molecule has 3 aliphatic rings. The molecule has 152 valence electrons. The number of hydrogen-bond acceptors (Lipinski definition) is 3. The van der Waals surface area contributed by atoms with Gasteiger partial charge in [-0.15, -0.1) is 0 Å². The molecule has 2 N–H and O–H groups in total. The minimum absolute atomic E-state index is 0.0376. The van der Waals surface area contributed by atoms with Crippen molar-refractivity contribution in [1.29, 1.82) is 0 Å². The van der Waals surface area contributed by atoms with Crippen molar-refractivity contribution in [3.05, 3.63) is 35.9 Å². The number of rotatable bonds is 3. The first-order chi connectivity index (χ1) is 13.7. The van der Waals surface area contributed by atoms with Crippen LogP contribution in [0.15, 0.2) is 30.3 Å². The van der Waals surface area contributed by atoms with Crippen LogP contribution in [0.5, 0.6) is 0 Å². The van der Waals surface area contributed by atoms with Crippen molar-refractivity contribution < 1.29 is 9.59 Å². The maximum atomic E-state index is 13.1. The Labute approximate surface area is 167 Å². The molecule has 0 aromatic heterocycles. The van der Waals surface area contributed by atoms with Crippen molar-refractivity contribution in [2.75, 3.05) is 45.8 Å². The summed E-state index contributed by atoms with van der Waals surface area (Å²) >= 11 is 0. The van der Waals surface area contributed by atoms with E-state index in [-0.39, 0.29) is 17.9 Å². The zero-order chi connectivity index (χ0) is 19.5. The van der Waals surface area contributed by atoms with Crippen molar-refractivity contribution in [3.63, 3.8) is 0 Å². The summed E-state index contributed by atoms with van der Waals surface area (Å²) in [6.07, 6.45) is 3.78. The van der Waals surface area contributed by atoms with Crippen LogP contribution in [-0.4, -0.2) is 72.5 Å². The van der Waals surface area contributed by atoms with Gasteiger partial charge in [-0.1, -0.05) is 30.3 Å². The topological polar surface area (TPSA) is 69.9 Å². The van der Waals surface area contributed by atoms with Gasteiger partial charge in [0, 0.05) is 51.1 Å². The first kappa shape index (κ1) is 19.2. The fourth-order valence-electron chi connectivity index (χ4n) is 5.05. The van der Waals surface area contributed by atoms with Crippen LogP contribution in [-0.2, 0) is 4.79 Å². The first-order valence-corrected chi connectivity index (χ1v) is 10.7. The van der Waals surface area contributed by atoms with Gasteiger partial charge in [0.15, 0.2) is 0 Å². The Bertz CT molecular complexity index is 681. The van der Waals surface area contributed by atoms with Gasteiger partial charge in [0.2, 0.25) is 5.91 Å². The third kappa shape index (κ3) is 3.88. The second kappa shape index (κ2) is 8.52. The van der Waals surface area contributed by atoms with Crippen molar-refractivity contribution >= 4 is 11.9 Å². The maximum absolute atomic E-state index is 13.1. The summed E-state index contributed by atoms with van der Waals surface area (Å²) in [5.74, 6) is 0.941. The third-order valence-electron chi connectivity index (χ3n) is 6.77. The largest absolute Gasteiger partial charge is 0.341 e. The zero-order valence-corrected chi connectivity index (χ0v) is 16.6. The van der Waals surface area contributed by atoms with Gasteiger partial charge in [0.1, 0.15) is 0 Å². The smallest absolute Gasteiger partial charge is 0.319 e. The van der Waals surface area contributed by atoms with Crippen molar-refractivity contribution in [2.45, 2.75) is 31.6 Å². The molecule has 6 heteroatoms. The van der Waals surface area contributed by atoms with E-state index in [0.717, 1.165) is 51.9 Å². The molecule has 0 radical (unpaired) electrons. The van der Waals surface area contributed by atoms with Crippen LogP contribution < -0.4 is 5.73 Å². The van der Waals surface area contributed by atoms with Crippen LogP contribution in [0.25, 0.3) is 0 Å². The molecule has 3 saturated heterocycles. The van der Waals surface area contributed by atoms with E-state index in [1.807, 2.05) is 20.8 Å². The first-order valence-electron chi connectivity index (χ1n) is 10.7. The monoisotopic (exact) mass is 384 g/mol. The van der Waals surface area contributed by atoms with Gasteiger partial charge >= 0.3 is 6.03 Å². The number of likely N-dealkylation sites (tertiary alicyclic amines) is 3. The van der Waals surface area contributed by atoms with E-state index in [1.165, 1.54) is 5.56 Å². The lowest BCUT2D eigenvalue weighted by molar-refractivity contribution is -0.136. The number of carbonyl (C=O) groups is 2. The van der Waals surface area contributed by atoms with E-state index < -0.39 is 0 Å². The molecule has 2 atom stereocenters. The highest BCUT2D eigenvalue weighted by molar-refractivity contribution is 5.80. The van der Waals surface area contributed by atoms with Gasteiger partial charge in [0.05, 0.1) is 0 Å². The predicted octanol–water partition coefficient (Wildman–Crippen LogP) is 2.12. The molecule has 28 heavy (non-hydrogen) atoms. The van der Waals surface area contributed by atoms with Gasteiger partial charge in [-0.3, -0.25) is 4.79 Å². The average Bonchev–Trinajstić information content (AvgIpc) is 3.43. The molecule has 1 aromatic rings. The number of carbonyl (C=O) groups excluding carboxylic acids is 2. The summed E-state index contributed by atoms with van der Waals surface area (Å²) in [5.41, 5.74) is 7.30. The van der Waals surface area contributed by atoms with Crippen LogP contribution in [0.2, 0.25) is 0 Å². The van der Waals surface area contributed by atoms with Crippen LogP contribution in [0.4, 0.5) is 4.79 Å². The Balaban J connectivity index is 1.33. The van der Waals surface area contributed by atoms with E-state index >= 15 is 0 Å². The Kier molecular flexibility index (Phi) is 5.85. The van der Waals surface area contributed by atoms with Gasteiger partial charge in [-0.2, -0.15) is 0 Å². The van der Waals surface area contributed by atoms with Gasteiger partial charge in [-0.25, -0.2) is 4.79 Å². The number of amides is 3. The zero-order valence-electron chi connectivity index (χ0n) is 16.6. The van der Waals surface area contributed by atoms with Crippen molar-refractivity contribution in [2.24, 2.45) is 17.6 Å². The Hall–Kier alpha value is -2.08. The predicted molar refractivity (Wildman–Crippen MR) is 109 cm³/mol. The van der Waals surface area contributed by atoms with E-state index in [1.54, 1.807) is 0 Å². The number of nitrogens with zero attached hydrogens (tertiary/aromatic N) is 3. The molecule has 3 fully saturated rings. The molecule has 6 nitrogen and oxygen atoms in total. The molecule has 1 aromatic carbocycles. The number of hydrogen-bond donors (Lipinski definition) is 1. The SMILES string of the molecule is NC[C@@H]1CN(C(=O)C2CCN(C(=O)N3CCCC3)CC2)C[C@H]1c1ccccc1. The molecule has 0 unspecified atom stereocenters. The lowest BCUT2D eigenvalue weighted by Crippen LogP contribution is -2.48. The molecule has 3 amide bonds. The molecular formula is C22H32N4O2. The van der Waals surface area contributed by atoms with E-state index in [0.29, 0.717) is 31.5 Å². The van der Waals surface area contributed by atoms with Gasteiger partial charge in [0.25, 0.3) is 0 Å². The van der Waals surface area contributed by atoms with E-state index in [4.69, 9.17) is 5.73 Å². The minimum Gasteiger partial charge on any atom is -0.341 e. The number of urea groups is 1. The van der Waals surface area contributed by atoms with Crippen LogP contribution in [0, 0.1) is 11.8 Å². The van der Waals surface area contributed by atoms with Crippen LogP contribution in [0.3, 0.4) is 0 Å². The Morgan fingerprint density at radius 1 is 0.893 bits per heavy atom. The number of benzene rings is 1. The van der Waals surface area contributed by atoms with E-state index in [2.05, 4.69) is 24.3 Å². The minimum atomic E-state index is 0.0376. The Morgan fingerprint density at radius 2 is 1.54 bits per heavy atom. The fourth-order valence-corrected chi connectivity index (χ4v) is 5.05. The Morgan fingerprint density at radius 3 is 2.18 bits per heavy atom. The summed E-state index contributed by atoms with van der Waals surface area (Å²) in [7, 11) is 0. The highest BCUT2D eigenvalue weighted by Gasteiger charge is 2.39. The highest BCUT2D eigenvalue weighted by atomic mass is 16.2. The van der Waals surface area contributed by atoms with E-state index in [9.17, 15) is 9.59 Å². The summed E-state index contributed by atoms with van der Waals surface area (Å²) < 4.78 is 0. The molecule has 3 aliphatic heterocycles. The molecule has 0 spiro atoms. The number of nitrogens with two attached hydrogens (primary N) is 1. The van der Waals surface area contributed by atoms with Crippen LogP contribution in [0.1, 0.15) is 37.2 Å². The van der Waals surface area contributed by atoms with Crippen LogP contribution >= 0.6 is 0 Å². The molecular weight excluding hydrogens is 352 g/mol. The third-order valence-corrected chi connectivity index (χ3v) is 6.77. The lowest BCUT2D eigenvalue weighted by Gasteiger charge is -2.35. The number of piperidine rings is 1. The van der Waals surface area contributed by atoms with Gasteiger partial charge < -0.3 is 20.4 Å². The highest BCUT2D eigenvalue weighted by Crippen LogP contribution is 2.34. The second-order valence-corrected chi connectivity index (χ2v) is 8.49. The molecule has 0 bridgehead atoms. The standard InChI is InChI=1S/C22H32N4O2/c23-14-19-15-26(16-20(19)17-6-2-1-3-7-17)21(27)18-8-12-25(13-9-18)22(28)24-10-4-5-11-24/h1-3,6-7,18-20H,4-5,8-16,23H2/t19-,20+/m1/s1. The van der Waals surface area contributed by atoms with Crippen molar-refractivity contribution in [3.8, 4) is 0 Å². The summed E-state index contributed by atoms with van der Waals surface area (Å²) in [6.45, 7) is 5.27. The quantitative estimate of drug-likeness (QED) is 0.868. The second-order valence-electron chi connectivity index (χ2n) is 8.49. The molecule has 0 aliphatic carbocycles. The molecule has 3 heterocycles. The lowest BCUT2D eigenvalue weighted by atomic mass is 9.89. The molecule has 0 saturated carbocycles. The average molecular weight is 385 g/mol. The summed E-state index contributed by atoms with van der Waals surface area (Å²) in [6, 6.07) is 10.6.